The van der Waals surface area contributed by atoms with Crippen LogP contribution in [0.4, 0.5) is 5.95 Å². The second-order valence-corrected chi connectivity index (χ2v) is 6.67. The zero-order valence-electron chi connectivity index (χ0n) is 11.9. The smallest absolute Gasteiger partial charge is 0.225 e. The predicted octanol–water partition coefficient (Wildman–Crippen LogP) is -0.935. The lowest BCUT2D eigenvalue weighted by molar-refractivity contribution is -0.131. The molecule has 2 rings (SSSR count). The Kier molecular flexibility index (Phi) is 5.07. The molecule has 1 aromatic heterocycles. The summed E-state index contributed by atoms with van der Waals surface area (Å²) >= 11 is 0. The maximum atomic E-state index is 12.0. The standard InChI is InChI=1S/C12H19N5O3S/c1-21(19,20)15-6-3-11(18)16-7-9-17(10-8-16)12-13-4-2-5-14-12/h2,4-5,15H,3,6-10H2,1H3. The first-order valence-electron chi connectivity index (χ1n) is 6.70. The molecule has 0 unspecified atom stereocenters. The first kappa shape index (κ1) is 15.6. The van der Waals surface area contributed by atoms with E-state index in [1.165, 1.54) is 0 Å². The minimum absolute atomic E-state index is 0.0419. The Morgan fingerprint density at radius 3 is 2.43 bits per heavy atom. The molecule has 1 fully saturated rings. The fourth-order valence-corrected chi connectivity index (χ4v) is 2.58. The molecule has 1 aliphatic heterocycles. The number of rotatable bonds is 5. The lowest BCUT2D eigenvalue weighted by Crippen LogP contribution is -2.49. The Bertz CT molecular complexity index is 570. The molecule has 1 N–H and O–H groups in total. The summed E-state index contributed by atoms with van der Waals surface area (Å²) in [5.74, 6) is 0.628. The van der Waals surface area contributed by atoms with Crippen molar-refractivity contribution in [1.29, 1.82) is 0 Å². The van der Waals surface area contributed by atoms with Crippen LogP contribution in [0, 0.1) is 0 Å². The monoisotopic (exact) mass is 313 g/mol. The number of carbonyl (C=O) groups excluding carboxylic acids is 1. The highest BCUT2D eigenvalue weighted by Gasteiger charge is 2.22. The normalized spacial score (nSPS) is 16.0. The molecule has 116 valence electrons. The number of hydrogen-bond donors (Lipinski definition) is 1. The van der Waals surface area contributed by atoms with E-state index in [9.17, 15) is 13.2 Å². The van der Waals surface area contributed by atoms with Crippen molar-refractivity contribution in [2.45, 2.75) is 6.42 Å². The number of hydrogen-bond acceptors (Lipinski definition) is 6. The van der Waals surface area contributed by atoms with Gasteiger partial charge < -0.3 is 9.80 Å². The molecule has 2 heterocycles. The Balaban J connectivity index is 1.77. The van der Waals surface area contributed by atoms with Gasteiger partial charge in [0.1, 0.15) is 0 Å². The van der Waals surface area contributed by atoms with Crippen LogP contribution in [0.1, 0.15) is 6.42 Å². The fourth-order valence-electron chi connectivity index (χ4n) is 2.11. The second-order valence-electron chi connectivity index (χ2n) is 4.83. The predicted molar refractivity (Wildman–Crippen MR) is 78.3 cm³/mol. The van der Waals surface area contributed by atoms with E-state index >= 15 is 0 Å². The third kappa shape index (κ3) is 4.94. The average Bonchev–Trinajstić information content (AvgIpc) is 2.47. The van der Waals surface area contributed by atoms with Gasteiger partial charge in [-0.25, -0.2) is 23.1 Å². The Morgan fingerprint density at radius 2 is 1.86 bits per heavy atom. The molecule has 1 amide bonds. The van der Waals surface area contributed by atoms with Crippen molar-refractivity contribution in [1.82, 2.24) is 19.6 Å². The van der Waals surface area contributed by atoms with E-state index in [-0.39, 0.29) is 18.9 Å². The van der Waals surface area contributed by atoms with E-state index in [1.807, 2.05) is 4.90 Å². The topological polar surface area (TPSA) is 95.5 Å². The minimum Gasteiger partial charge on any atom is -0.339 e. The van der Waals surface area contributed by atoms with Crippen molar-refractivity contribution in [3.8, 4) is 0 Å². The van der Waals surface area contributed by atoms with Gasteiger partial charge in [-0.1, -0.05) is 0 Å². The van der Waals surface area contributed by atoms with Gasteiger partial charge in [0.2, 0.25) is 21.9 Å². The largest absolute Gasteiger partial charge is 0.339 e. The van der Waals surface area contributed by atoms with Crippen LogP contribution in [0.15, 0.2) is 18.5 Å². The lowest BCUT2D eigenvalue weighted by Gasteiger charge is -2.34. The molecule has 1 saturated heterocycles. The minimum atomic E-state index is -3.24. The van der Waals surface area contributed by atoms with E-state index in [2.05, 4.69) is 14.7 Å². The zero-order valence-corrected chi connectivity index (χ0v) is 12.7. The summed E-state index contributed by atoms with van der Waals surface area (Å²) in [5.41, 5.74) is 0. The highest BCUT2D eigenvalue weighted by Crippen LogP contribution is 2.10. The molecular formula is C12H19N5O3S. The van der Waals surface area contributed by atoms with Gasteiger partial charge in [-0.15, -0.1) is 0 Å². The average molecular weight is 313 g/mol. The molecular weight excluding hydrogens is 294 g/mol. The Morgan fingerprint density at radius 1 is 1.24 bits per heavy atom. The number of amides is 1. The number of piperazine rings is 1. The fraction of sp³-hybridized carbons (Fsp3) is 0.583. The third-order valence-electron chi connectivity index (χ3n) is 3.17. The molecule has 0 atom stereocenters. The summed E-state index contributed by atoms with van der Waals surface area (Å²) in [6.45, 7) is 2.68. The first-order chi connectivity index (χ1) is 9.96. The molecule has 0 saturated carbocycles. The third-order valence-corrected chi connectivity index (χ3v) is 3.90. The maximum absolute atomic E-state index is 12.0. The van der Waals surface area contributed by atoms with Gasteiger partial charge in [-0.05, 0) is 6.07 Å². The van der Waals surface area contributed by atoms with Crippen LogP contribution < -0.4 is 9.62 Å². The van der Waals surface area contributed by atoms with Crippen molar-refractivity contribution >= 4 is 21.9 Å². The number of nitrogens with one attached hydrogen (secondary N) is 1. The van der Waals surface area contributed by atoms with Crippen LogP contribution in [0.25, 0.3) is 0 Å². The quantitative estimate of drug-likeness (QED) is 0.754. The molecule has 21 heavy (non-hydrogen) atoms. The van der Waals surface area contributed by atoms with Crippen molar-refractivity contribution in [2.24, 2.45) is 0 Å². The van der Waals surface area contributed by atoms with E-state index in [0.29, 0.717) is 32.1 Å². The highest BCUT2D eigenvalue weighted by atomic mass is 32.2. The van der Waals surface area contributed by atoms with Crippen LogP contribution in [0.3, 0.4) is 0 Å². The van der Waals surface area contributed by atoms with Crippen LogP contribution in [0.5, 0.6) is 0 Å². The molecule has 0 aromatic carbocycles. The Labute approximate surface area is 124 Å². The van der Waals surface area contributed by atoms with Crippen molar-refractivity contribution in [2.75, 3.05) is 43.9 Å². The maximum Gasteiger partial charge on any atom is 0.225 e. The summed E-state index contributed by atoms with van der Waals surface area (Å²) in [6, 6.07) is 1.76. The summed E-state index contributed by atoms with van der Waals surface area (Å²) < 4.78 is 24.2. The molecule has 8 nitrogen and oxygen atoms in total. The molecule has 0 spiro atoms. The summed E-state index contributed by atoms with van der Waals surface area (Å²) in [4.78, 5) is 24.1. The summed E-state index contributed by atoms with van der Waals surface area (Å²) in [6.07, 6.45) is 4.64. The molecule has 1 aromatic rings. The van der Waals surface area contributed by atoms with Gasteiger partial charge in [0.15, 0.2) is 0 Å². The molecule has 0 aliphatic carbocycles. The van der Waals surface area contributed by atoms with Gasteiger partial charge in [0.05, 0.1) is 6.26 Å². The van der Waals surface area contributed by atoms with Gasteiger partial charge in [-0.2, -0.15) is 0 Å². The first-order valence-corrected chi connectivity index (χ1v) is 8.59. The zero-order chi connectivity index (χ0) is 15.3. The van der Waals surface area contributed by atoms with Crippen molar-refractivity contribution in [3.63, 3.8) is 0 Å². The van der Waals surface area contributed by atoms with Crippen molar-refractivity contribution in [3.05, 3.63) is 18.5 Å². The van der Waals surface area contributed by atoms with E-state index in [4.69, 9.17) is 0 Å². The Hall–Kier alpha value is -1.74. The second kappa shape index (κ2) is 6.81. The summed E-state index contributed by atoms with van der Waals surface area (Å²) in [5, 5.41) is 0. The van der Waals surface area contributed by atoms with Gasteiger partial charge in [-0.3, -0.25) is 4.79 Å². The lowest BCUT2D eigenvalue weighted by atomic mass is 10.3. The van der Waals surface area contributed by atoms with Gasteiger partial charge >= 0.3 is 0 Å². The van der Waals surface area contributed by atoms with Crippen LogP contribution in [-0.4, -0.2) is 68.2 Å². The SMILES string of the molecule is CS(=O)(=O)NCCC(=O)N1CCN(c2ncccn2)CC1. The van der Waals surface area contributed by atoms with Gasteiger partial charge in [0, 0.05) is 51.5 Å². The number of aromatic nitrogens is 2. The van der Waals surface area contributed by atoms with Crippen LogP contribution in [-0.2, 0) is 14.8 Å². The van der Waals surface area contributed by atoms with E-state index < -0.39 is 10.0 Å². The number of nitrogens with zero attached hydrogens (tertiary/aromatic N) is 4. The molecule has 0 radical (unpaired) electrons. The number of carbonyl (C=O) groups is 1. The number of sulfonamides is 1. The van der Waals surface area contributed by atoms with Crippen molar-refractivity contribution < 1.29 is 13.2 Å². The molecule has 1 aliphatic rings. The van der Waals surface area contributed by atoms with Gasteiger partial charge in [0.25, 0.3) is 0 Å². The summed E-state index contributed by atoms with van der Waals surface area (Å²) in [7, 11) is -3.24. The van der Waals surface area contributed by atoms with Crippen LogP contribution >= 0.6 is 0 Å². The van der Waals surface area contributed by atoms with Crippen LogP contribution in [0.2, 0.25) is 0 Å². The van der Waals surface area contributed by atoms with E-state index in [1.54, 1.807) is 23.4 Å². The highest BCUT2D eigenvalue weighted by molar-refractivity contribution is 7.88. The number of anilines is 1. The molecule has 9 heteroatoms. The van der Waals surface area contributed by atoms with E-state index in [0.717, 1.165) is 6.26 Å². The molecule has 0 bridgehead atoms.